The van der Waals surface area contributed by atoms with E-state index in [9.17, 15) is 19.7 Å². The summed E-state index contributed by atoms with van der Waals surface area (Å²) in [5.74, 6) is -0.690. The topological polar surface area (TPSA) is 94.7 Å². The van der Waals surface area contributed by atoms with Crippen LogP contribution in [0.5, 0.6) is 0 Å². The summed E-state index contributed by atoms with van der Waals surface area (Å²) < 4.78 is 6.91. The maximum atomic E-state index is 12.9. The average Bonchev–Trinajstić information content (AvgIpc) is 3.34. The molecule has 1 aliphatic heterocycles. The van der Waals surface area contributed by atoms with Crippen molar-refractivity contribution in [3.8, 4) is 0 Å². The molecular weight excluding hydrogens is 350 g/mol. The van der Waals surface area contributed by atoms with Gasteiger partial charge in [0, 0.05) is 31.4 Å². The first-order valence-corrected chi connectivity index (χ1v) is 9.30. The molecule has 0 amide bonds. The van der Waals surface area contributed by atoms with Crippen molar-refractivity contribution in [3.05, 3.63) is 44.2 Å². The maximum Gasteiger partial charge on any atom is 0.343 e. The zero-order valence-electron chi connectivity index (χ0n) is 15.1. The van der Waals surface area contributed by atoms with E-state index in [0.29, 0.717) is 11.2 Å². The minimum absolute atomic E-state index is 0.0699. The molecule has 4 rings (SSSR count). The van der Waals surface area contributed by atoms with Gasteiger partial charge in [-0.25, -0.2) is 4.79 Å². The number of esters is 1. The number of ether oxygens (including phenoxy) is 1. The molecule has 0 bridgehead atoms. The highest BCUT2D eigenvalue weighted by atomic mass is 16.6. The number of hydrogen-bond donors (Lipinski definition) is 0. The standard InChI is InChI=1S/C19H21N3O5/c1-2-27-19(24)14-11-21(12-5-6-12)15-10-16(20-7-3-4-8-20)17(22(25)26)9-13(15)18(14)23/h9-12H,2-8H2,1H3. The smallest absolute Gasteiger partial charge is 0.343 e. The van der Waals surface area contributed by atoms with E-state index >= 15 is 0 Å². The van der Waals surface area contributed by atoms with Crippen LogP contribution in [0.2, 0.25) is 0 Å². The van der Waals surface area contributed by atoms with Crippen LogP contribution in [0.1, 0.15) is 49.0 Å². The number of fused-ring (bicyclic) bond motifs is 1. The van der Waals surface area contributed by atoms with Crippen molar-refractivity contribution in [1.29, 1.82) is 0 Å². The zero-order chi connectivity index (χ0) is 19.1. The van der Waals surface area contributed by atoms with Crippen LogP contribution in [0.4, 0.5) is 11.4 Å². The lowest BCUT2D eigenvalue weighted by atomic mass is 10.1. The molecule has 1 saturated carbocycles. The lowest BCUT2D eigenvalue weighted by molar-refractivity contribution is -0.384. The summed E-state index contributed by atoms with van der Waals surface area (Å²) in [5.41, 5.74) is 0.506. The van der Waals surface area contributed by atoms with Crippen molar-refractivity contribution < 1.29 is 14.5 Å². The van der Waals surface area contributed by atoms with Crippen LogP contribution in [0, 0.1) is 10.1 Å². The third kappa shape index (κ3) is 3.05. The number of nitrogens with zero attached hydrogens (tertiary/aromatic N) is 3. The number of nitro groups is 1. The number of benzene rings is 1. The predicted octanol–water partition coefficient (Wildman–Crippen LogP) is 3.02. The van der Waals surface area contributed by atoms with Crippen molar-refractivity contribution >= 4 is 28.2 Å². The van der Waals surface area contributed by atoms with Gasteiger partial charge in [-0.2, -0.15) is 0 Å². The second-order valence-corrected chi connectivity index (χ2v) is 7.04. The molecule has 2 fully saturated rings. The van der Waals surface area contributed by atoms with E-state index < -0.39 is 16.3 Å². The molecule has 0 spiro atoms. The number of pyridine rings is 1. The van der Waals surface area contributed by atoms with Gasteiger partial charge in [0.2, 0.25) is 5.43 Å². The molecule has 0 unspecified atom stereocenters. The van der Waals surface area contributed by atoms with Crippen LogP contribution in [0.3, 0.4) is 0 Å². The molecule has 2 heterocycles. The Morgan fingerprint density at radius 1 is 1.30 bits per heavy atom. The van der Waals surface area contributed by atoms with Gasteiger partial charge in [-0.3, -0.25) is 14.9 Å². The van der Waals surface area contributed by atoms with E-state index in [-0.39, 0.29) is 29.3 Å². The van der Waals surface area contributed by atoms with Crippen molar-refractivity contribution in [2.24, 2.45) is 0 Å². The fourth-order valence-electron chi connectivity index (χ4n) is 3.74. The summed E-state index contributed by atoms with van der Waals surface area (Å²) in [6.45, 7) is 3.36. The highest BCUT2D eigenvalue weighted by Crippen LogP contribution is 2.40. The van der Waals surface area contributed by atoms with Gasteiger partial charge in [0.25, 0.3) is 5.69 Å². The molecule has 27 heavy (non-hydrogen) atoms. The molecule has 0 radical (unpaired) electrons. The Labute approximate surface area is 155 Å². The van der Waals surface area contributed by atoms with Gasteiger partial charge < -0.3 is 14.2 Å². The lowest BCUT2D eigenvalue weighted by Gasteiger charge is -2.20. The summed E-state index contributed by atoms with van der Waals surface area (Å²) in [5, 5.41) is 11.9. The molecular formula is C19H21N3O5. The summed E-state index contributed by atoms with van der Waals surface area (Å²) in [6.07, 6.45) is 5.45. The number of anilines is 1. The van der Waals surface area contributed by atoms with Crippen molar-refractivity contribution in [3.63, 3.8) is 0 Å². The van der Waals surface area contributed by atoms with Gasteiger partial charge in [-0.1, -0.05) is 0 Å². The Bertz CT molecular complexity index is 987. The van der Waals surface area contributed by atoms with E-state index in [1.807, 2.05) is 9.47 Å². The molecule has 1 aliphatic carbocycles. The summed E-state index contributed by atoms with van der Waals surface area (Å²) >= 11 is 0. The molecule has 2 aliphatic rings. The monoisotopic (exact) mass is 371 g/mol. The summed E-state index contributed by atoms with van der Waals surface area (Å²) in [4.78, 5) is 38.3. The minimum atomic E-state index is -0.690. The average molecular weight is 371 g/mol. The highest BCUT2D eigenvalue weighted by molar-refractivity contribution is 5.96. The first kappa shape index (κ1) is 17.5. The quantitative estimate of drug-likeness (QED) is 0.455. The van der Waals surface area contributed by atoms with Gasteiger partial charge >= 0.3 is 5.97 Å². The number of hydrogen-bond acceptors (Lipinski definition) is 6. The molecule has 0 atom stereocenters. The summed E-state index contributed by atoms with van der Waals surface area (Å²) in [6, 6.07) is 3.27. The van der Waals surface area contributed by atoms with Crippen molar-refractivity contribution in [2.75, 3.05) is 24.6 Å². The second kappa shape index (κ2) is 6.68. The van der Waals surface area contributed by atoms with Crippen LogP contribution in [-0.2, 0) is 4.74 Å². The van der Waals surface area contributed by atoms with Crippen molar-refractivity contribution in [2.45, 2.75) is 38.6 Å². The minimum Gasteiger partial charge on any atom is -0.462 e. The Morgan fingerprint density at radius 2 is 2.00 bits per heavy atom. The van der Waals surface area contributed by atoms with E-state index in [1.165, 1.54) is 6.07 Å². The van der Waals surface area contributed by atoms with Crippen LogP contribution in [0.25, 0.3) is 10.9 Å². The second-order valence-electron chi connectivity index (χ2n) is 7.04. The number of carbonyl (C=O) groups is 1. The SMILES string of the molecule is CCOC(=O)c1cn(C2CC2)c2cc(N3CCCC3)c([N+](=O)[O-])cc2c1=O. The van der Waals surface area contributed by atoms with E-state index in [4.69, 9.17) is 4.74 Å². The van der Waals surface area contributed by atoms with Crippen LogP contribution in [-0.4, -0.2) is 35.2 Å². The third-order valence-electron chi connectivity index (χ3n) is 5.21. The Hall–Kier alpha value is -2.90. The van der Waals surface area contributed by atoms with Crippen molar-refractivity contribution in [1.82, 2.24) is 4.57 Å². The van der Waals surface area contributed by atoms with Gasteiger partial charge in [-0.15, -0.1) is 0 Å². The molecule has 8 heteroatoms. The molecule has 1 saturated heterocycles. The van der Waals surface area contributed by atoms with E-state index in [2.05, 4.69) is 0 Å². The van der Waals surface area contributed by atoms with Crippen LogP contribution < -0.4 is 10.3 Å². The number of aromatic nitrogens is 1. The lowest BCUT2D eigenvalue weighted by Crippen LogP contribution is -2.23. The molecule has 8 nitrogen and oxygen atoms in total. The first-order chi connectivity index (χ1) is 13.0. The van der Waals surface area contributed by atoms with Crippen LogP contribution >= 0.6 is 0 Å². The third-order valence-corrected chi connectivity index (χ3v) is 5.21. The van der Waals surface area contributed by atoms with Gasteiger partial charge in [-0.05, 0) is 38.7 Å². The van der Waals surface area contributed by atoms with Gasteiger partial charge in [0.15, 0.2) is 0 Å². The highest BCUT2D eigenvalue weighted by Gasteiger charge is 2.30. The van der Waals surface area contributed by atoms with E-state index in [1.54, 1.807) is 19.2 Å². The van der Waals surface area contributed by atoms with Crippen LogP contribution in [0.15, 0.2) is 23.1 Å². The maximum absolute atomic E-state index is 12.9. The largest absolute Gasteiger partial charge is 0.462 e. The molecule has 0 N–H and O–H groups in total. The first-order valence-electron chi connectivity index (χ1n) is 9.30. The fourth-order valence-corrected chi connectivity index (χ4v) is 3.74. The van der Waals surface area contributed by atoms with Gasteiger partial charge in [0.05, 0.1) is 22.4 Å². The number of carbonyl (C=O) groups excluding carboxylic acids is 1. The molecule has 2 aromatic rings. The Morgan fingerprint density at radius 3 is 2.59 bits per heavy atom. The number of nitro benzene ring substituents is 1. The molecule has 142 valence electrons. The summed E-state index contributed by atoms with van der Waals surface area (Å²) in [7, 11) is 0. The zero-order valence-corrected chi connectivity index (χ0v) is 15.1. The Balaban J connectivity index is 1.99. The predicted molar refractivity (Wildman–Crippen MR) is 101 cm³/mol. The Kier molecular flexibility index (Phi) is 4.33. The number of rotatable bonds is 5. The molecule has 1 aromatic heterocycles. The van der Waals surface area contributed by atoms with E-state index in [0.717, 1.165) is 38.8 Å². The molecule has 1 aromatic carbocycles. The normalized spacial score (nSPS) is 16.7. The fraction of sp³-hybridized carbons (Fsp3) is 0.474. The van der Waals surface area contributed by atoms with Gasteiger partial charge in [0.1, 0.15) is 11.3 Å².